The van der Waals surface area contributed by atoms with Gasteiger partial charge in [-0.05, 0) is 67.2 Å². The summed E-state index contributed by atoms with van der Waals surface area (Å²) in [4.78, 5) is 2.62. The minimum Gasteiger partial charge on any atom is -0.399 e. The summed E-state index contributed by atoms with van der Waals surface area (Å²) < 4.78 is 6.80. The number of anilines is 1. The van der Waals surface area contributed by atoms with Crippen molar-refractivity contribution < 1.29 is 4.74 Å². The van der Waals surface area contributed by atoms with Crippen molar-refractivity contribution in [2.75, 3.05) is 18.8 Å². The summed E-state index contributed by atoms with van der Waals surface area (Å²) >= 11 is 0. The van der Waals surface area contributed by atoms with Gasteiger partial charge in [-0.2, -0.15) is 0 Å². The second-order valence-electron chi connectivity index (χ2n) is 8.33. The van der Waals surface area contributed by atoms with Crippen LogP contribution in [0.15, 0.2) is 42.5 Å². The Labute approximate surface area is 150 Å². The average molecular weight is 336 g/mol. The van der Waals surface area contributed by atoms with Crippen molar-refractivity contribution in [1.29, 1.82) is 0 Å². The second-order valence-corrected chi connectivity index (χ2v) is 8.33. The minimum absolute atomic E-state index is 0.0292. The fraction of sp³-hybridized carbons (Fsp3) is 0.545. The van der Waals surface area contributed by atoms with Gasteiger partial charge in [0.2, 0.25) is 0 Å². The molecule has 4 unspecified atom stereocenters. The molecule has 25 heavy (non-hydrogen) atoms. The molecule has 132 valence electrons. The van der Waals surface area contributed by atoms with Gasteiger partial charge in [0.05, 0.1) is 11.7 Å². The van der Waals surface area contributed by atoms with Crippen LogP contribution in [0.4, 0.5) is 5.69 Å². The SMILES string of the molecule is Nc1ccc2c(c1)CCN(CC13CC=CCC1C1CC=CCC1O3)C2. The van der Waals surface area contributed by atoms with Gasteiger partial charge in [0.1, 0.15) is 0 Å². The molecule has 4 atom stereocenters. The van der Waals surface area contributed by atoms with Gasteiger partial charge < -0.3 is 10.5 Å². The molecule has 1 aromatic rings. The van der Waals surface area contributed by atoms with E-state index in [0.29, 0.717) is 17.9 Å². The lowest BCUT2D eigenvalue weighted by atomic mass is 9.70. The highest BCUT2D eigenvalue weighted by molar-refractivity contribution is 5.45. The molecule has 1 fully saturated rings. The van der Waals surface area contributed by atoms with Gasteiger partial charge in [0, 0.05) is 25.3 Å². The van der Waals surface area contributed by atoms with Crippen LogP contribution in [0.1, 0.15) is 36.8 Å². The van der Waals surface area contributed by atoms with E-state index in [0.717, 1.165) is 44.6 Å². The Bertz CT molecular complexity index is 725. The summed E-state index contributed by atoms with van der Waals surface area (Å²) in [6, 6.07) is 6.41. The Morgan fingerprint density at radius 1 is 1.08 bits per heavy atom. The number of nitrogens with zero attached hydrogens (tertiary/aromatic N) is 1. The highest BCUT2D eigenvalue weighted by Gasteiger charge is 2.54. The summed E-state index contributed by atoms with van der Waals surface area (Å²) in [5.74, 6) is 1.40. The fourth-order valence-corrected chi connectivity index (χ4v) is 5.63. The molecule has 2 aliphatic carbocycles. The molecule has 2 aliphatic heterocycles. The number of ether oxygens (including phenoxy) is 1. The molecule has 0 saturated carbocycles. The Kier molecular flexibility index (Phi) is 3.76. The molecule has 3 nitrogen and oxygen atoms in total. The van der Waals surface area contributed by atoms with E-state index in [9.17, 15) is 0 Å². The van der Waals surface area contributed by atoms with E-state index in [-0.39, 0.29) is 5.60 Å². The van der Waals surface area contributed by atoms with Crippen LogP contribution in [0.5, 0.6) is 0 Å². The Hall–Kier alpha value is -1.58. The third kappa shape index (κ3) is 2.65. The van der Waals surface area contributed by atoms with Crippen molar-refractivity contribution in [2.45, 2.75) is 50.4 Å². The molecule has 4 aliphatic rings. The maximum absolute atomic E-state index is 6.80. The standard InChI is InChI=1S/C22H28N2O/c23-18-9-8-17-14-24(12-10-16(17)13-18)15-22-11-4-3-6-20(22)19-5-1-2-7-21(19)25-22/h1-4,8-9,13,19-21H,5-7,10-12,14-15,23H2. The predicted octanol–water partition coefficient (Wildman–Crippen LogP) is 3.70. The van der Waals surface area contributed by atoms with Crippen LogP contribution in [-0.2, 0) is 17.7 Å². The number of nitrogens with two attached hydrogens (primary N) is 1. The van der Waals surface area contributed by atoms with E-state index in [1.54, 1.807) is 0 Å². The number of benzene rings is 1. The summed E-state index contributed by atoms with van der Waals surface area (Å²) in [5, 5.41) is 0. The Balaban J connectivity index is 1.37. The molecule has 0 bridgehead atoms. The number of hydrogen-bond donors (Lipinski definition) is 1. The number of hydrogen-bond acceptors (Lipinski definition) is 3. The maximum atomic E-state index is 6.80. The Morgan fingerprint density at radius 2 is 1.96 bits per heavy atom. The monoisotopic (exact) mass is 336 g/mol. The van der Waals surface area contributed by atoms with Gasteiger partial charge in [0.25, 0.3) is 0 Å². The maximum Gasteiger partial charge on any atom is 0.0881 e. The van der Waals surface area contributed by atoms with Gasteiger partial charge in [-0.25, -0.2) is 0 Å². The molecule has 2 N–H and O–H groups in total. The second kappa shape index (κ2) is 6.00. The zero-order chi connectivity index (χ0) is 16.9. The van der Waals surface area contributed by atoms with Gasteiger partial charge in [-0.15, -0.1) is 0 Å². The van der Waals surface area contributed by atoms with Crippen LogP contribution in [0.3, 0.4) is 0 Å². The van der Waals surface area contributed by atoms with Crippen molar-refractivity contribution in [3.05, 3.63) is 53.6 Å². The lowest BCUT2D eigenvalue weighted by Gasteiger charge is -2.42. The third-order valence-corrected chi connectivity index (χ3v) is 6.83. The van der Waals surface area contributed by atoms with Crippen molar-refractivity contribution in [3.8, 4) is 0 Å². The van der Waals surface area contributed by atoms with Gasteiger partial charge in [-0.1, -0.05) is 30.4 Å². The first-order chi connectivity index (χ1) is 12.2. The smallest absolute Gasteiger partial charge is 0.0881 e. The minimum atomic E-state index is 0.0292. The van der Waals surface area contributed by atoms with Crippen molar-refractivity contribution in [3.63, 3.8) is 0 Å². The van der Waals surface area contributed by atoms with Crippen molar-refractivity contribution in [1.82, 2.24) is 4.90 Å². The van der Waals surface area contributed by atoms with Crippen LogP contribution < -0.4 is 5.73 Å². The van der Waals surface area contributed by atoms with Crippen LogP contribution in [-0.4, -0.2) is 29.7 Å². The molecular formula is C22H28N2O. The quantitative estimate of drug-likeness (QED) is 0.661. The molecular weight excluding hydrogens is 308 g/mol. The van der Waals surface area contributed by atoms with E-state index in [4.69, 9.17) is 10.5 Å². The highest BCUT2D eigenvalue weighted by Crippen LogP contribution is 2.51. The number of rotatable bonds is 2. The first-order valence-electron chi connectivity index (χ1n) is 9.81. The van der Waals surface area contributed by atoms with Crippen LogP contribution >= 0.6 is 0 Å². The number of nitrogen functional groups attached to an aromatic ring is 1. The number of fused-ring (bicyclic) bond motifs is 4. The first-order valence-corrected chi connectivity index (χ1v) is 9.81. The van der Waals surface area contributed by atoms with Gasteiger partial charge in [-0.3, -0.25) is 4.90 Å². The largest absolute Gasteiger partial charge is 0.399 e. The average Bonchev–Trinajstić information content (AvgIpc) is 2.96. The van der Waals surface area contributed by atoms with Crippen LogP contribution in [0, 0.1) is 11.8 Å². The summed E-state index contributed by atoms with van der Waals surface area (Å²) in [6.45, 7) is 3.22. The van der Waals surface area contributed by atoms with Gasteiger partial charge >= 0.3 is 0 Å². The van der Waals surface area contributed by atoms with Crippen LogP contribution in [0.2, 0.25) is 0 Å². The topological polar surface area (TPSA) is 38.5 Å². The van der Waals surface area contributed by atoms with Gasteiger partial charge in [0.15, 0.2) is 0 Å². The normalized spacial score (nSPS) is 36.7. The van der Waals surface area contributed by atoms with E-state index in [1.807, 2.05) is 6.07 Å². The lowest BCUT2D eigenvalue weighted by Crippen LogP contribution is -2.49. The molecule has 5 rings (SSSR count). The Morgan fingerprint density at radius 3 is 2.92 bits per heavy atom. The molecule has 2 heterocycles. The first kappa shape index (κ1) is 15.7. The van der Waals surface area contributed by atoms with E-state index in [1.165, 1.54) is 24.0 Å². The molecule has 0 spiro atoms. The van der Waals surface area contributed by atoms with Crippen molar-refractivity contribution in [2.24, 2.45) is 11.8 Å². The predicted molar refractivity (Wildman–Crippen MR) is 101 cm³/mol. The van der Waals surface area contributed by atoms with Crippen LogP contribution in [0.25, 0.3) is 0 Å². The summed E-state index contributed by atoms with van der Waals surface area (Å²) in [5.41, 5.74) is 9.74. The lowest BCUT2D eigenvalue weighted by molar-refractivity contribution is -0.0794. The van der Waals surface area contributed by atoms with E-state index >= 15 is 0 Å². The summed E-state index contributed by atoms with van der Waals surface area (Å²) in [6.07, 6.45) is 15.6. The molecule has 0 amide bonds. The van der Waals surface area contributed by atoms with E-state index < -0.39 is 0 Å². The summed E-state index contributed by atoms with van der Waals surface area (Å²) in [7, 11) is 0. The molecule has 1 saturated heterocycles. The highest BCUT2D eigenvalue weighted by atomic mass is 16.5. The van der Waals surface area contributed by atoms with E-state index in [2.05, 4.69) is 41.3 Å². The fourth-order valence-electron chi connectivity index (χ4n) is 5.63. The van der Waals surface area contributed by atoms with Crippen molar-refractivity contribution >= 4 is 5.69 Å². The zero-order valence-corrected chi connectivity index (χ0v) is 14.9. The molecule has 0 aromatic heterocycles. The molecule has 1 aromatic carbocycles. The number of allylic oxidation sites excluding steroid dienone is 2. The molecule has 0 radical (unpaired) electrons. The molecule has 3 heteroatoms. The zero-order valence-electron chi connectivity index (χ0n) is 14.9. The third-order valence-electron chi connectivity index (χ3n) is 6.83.